The van der Waals surface area contributed by atoms with Gasteiger partial charge in [0.1, 0.15) is 5.58 Å². The van der Waals surface area contributed by atoms with E-state index in [-0.39, 0.29) is 0 Å². The van der Waals surface area contributed by atoms with Gasteiger partial charge in [-0.2, -0.15) is 0 Å². The first kappa shape index (κ1) is 15.6. The van der Waals surface area contributed by atoms with Gasteiger partial charge < -0.3 is 4.42 Å². The number of benzene rings is 2. The Morgan fingerprint density at radius 3 is 2.42 bits per heavy atom. The molecule has 0 bridgehead atoms. The number of pyridine rings is 1. The summed E-state index contributed by atoms with van der Waals surface area (Å²) in [6.45, 7) is 8.58. The Kier molecular flexibility index (Phi) is 3.25. The summed E-state index contributed by atoms with van der Waals surface area (Å²) in [4.78, 5) is 6.00. The molecular formula is C23H19NOS. The van der Waals surface area contributed by atoms with Gasteiger partial charge >= 0.3 is 0 Å². The lowest BCUT2D eigenvalue weighted by Gasteiger charge is -2.05. The maximum atomic E-state index is 6.46. The molecule has 3 heterocycles. The first-order valence-electron chi connectivity index (χ1n) is 8.82. The van der Waals surface area contributed by atoms with Crippen molar-refractivity contribution in [3.05, 3.63) is 64.2 Å². The number of hydrogen-bond donors (Lipinski definition) is 0. The number of nitrogens with zero attached hydrogens (tertiary/aromatic N) is 1. The van der Waals surface area contributed by atoms with Gasteiger partial charge in [0.05, 0.1) is 10.4 Å². The highest BCUT2D eigenvalue weighted by molar-refractivity contribution is 7.20. The molecule has 2 nitrogen and oxygen atoms in total. The number of hydrogen-bond acceptors (Lipinski definition) is 3. The maximum Gasteiger partial charge on any atom is 0.153 e. The minimum Gasteiger partial charge on any atom is -0.454 e. The van der Waals surface area contributed by atoms with Crippen LogP contribution in [-0.4, -0.2) is 4.98 Å². The number of aromatic nitrogens is 1. The number of rotatable bonds is 1. The van der Waals surface area contributed by atoms with E-state index in [9.17, 15) is 0 Å². The highest BCUT2D eigenvalue weighted by Gasteiger charge is 2.17. The van der Waals surface area contributed by atoms with Gasteiger partial charge in [-0.1, -0.05) is 18.2 Å². The molecule has 0 saturated carbocycles. The number of fused-ring (bicyclic) bond motifs is 5. The van der Waals surface area contributed by atoms with Crippen LogP contribution < -0.4 is 0 Å². The first-order chi connectivity index (χ1) is 12.5. The molecule has 0 aliphatic rings. The zero-order valence-corrected chi connectivity index (χ0v) is 16.1. The van der Waals surface area contributed by atoms with Crippen LogP contribution in [-0.2, 0) is 0 Å². The Hall–Kier alpha value is -2.65. The molecule has 0 radical (unpaired) electrons. The van der Waals surface area contributed by atoms with Crippen molar-refractivity contribution in [3.63, 3.8) is 0 Å². The number of furan rings is 1. The van der Waals surface area contributed by atoms with E-state index in [4.69, 9.17) is 4.42 Å². The average molecular weight is 357 g/mol. The second-order valence-electron chi connectivity index (χ2n) is 7.04. The van der Waals surface area contributed by atoms with E-state index in [1.165, 1.54) is 37.0 Å². The highest BCUT2D eigenvalue weighted by atomic mass is 32.1. The monoisotopic (exact) mass is 357 g/mol. The maximum absolute atomic E-state index is 6.46. The summed E-state index contributed by atoms with van der Waals surface area (Å²) in [5.74, 6) is 0. The minimum absolute atomic E-state index is 0.925. The van der Waals surface area contributed by atoms with Crippen LogP contribution in [0.2, 0.25) is 0 Å². The minimum atomic E-state index is 0.925. The number of thiophene rings is 1. The molecule has 3 aromatic heterocycles. The Bertz CT molecular complexity index is 1320. The molecule has 2 aromatic carbocycles. The van der Waals surface area contributed by atoms with E-state index < -0.39 is 0 Å². The van der Waals surface area contributed by atoms with Crippen molar-refractivity contribution in [1.29, 1.82) is 0 Å². The number of aryl methyl sites for hydroxylation is 4. The molecule has 0 unspecified atom stereocenters. The van der Waals surface area contributed by atoms with Crippen LogP contribution in [0.4, 0.5) is 0 Å². The van der Waals surface area contributed by atoms with Crippen molar-refractivity contribution < 1.29 is 4.42 Å². The summed E-state index contributed by atoms with van der Waals surface area (Å²) in [6, 6.07) is 12.9. The van der Waals surface area contributed by atoms with Crippen LogP contribution >= 0.6 is 11.3 Å². The Labute approximate surface area is 156 Å². The third kappa shape index (κ3) is 2.07. The lowest BCUT2D eigenvalue weighted by Crippen LogP contribution is -1.88. The van der Waals surface area contributed by atoms with Gasteiger partial charge in [0.15, 0.2) is 5.58 Å². The quantitative estimate of drug-likeness (QED) is 0.320. The summed E-state index contributed by atoms with van der Waals surface area (Å²) >= 11 is 1.82. The van der Waals surface area contributed by atoms with Crippen LogP contribution in [0.3, 0.4) is 0 Å². The van der Waals surface area contributed by atoms with Crippen LogP contribution in [0.1, 0.15) is 21.6 Å². The van der Waals surface area contributed by atoms with E-state index in [0.717, 1.165) is 27.8 Å². The van der Waals surface area contributed by atoms with Crippen LogP contribution in [0.15, 0.2) is 47.0 Å². The van der Waals surface area contributed by atoms with E-state index in [1.54, 1.807) is 0 Å². The summed E-state index contributed by atoms with van der Waals surface area (Å²) in [5, 5.41) is 3.63. The van der Waals surface area contributed by atoms with Crippen molar-refractivity contribution >= 4 is 43.4 Å². The Morgan fingerprint density at radius 1 is 0.846 bits per heavy atom. The molecule has 3 heteroatoms. The van der Waals surface area contributed by atoms with Gasteiger partial charge in [-0.05, 0) is 68.0 Å². The molecule has 0 saturated heterocycles. The zero-order valence-electron chi connectivity index (χ0n) is 15.3. The molecule has 0 spiro atoms. The van der Waals surface area contributed by atoms with E-state index in [0.29, 0.717) is 0 Å². The lowest BCUT2D eigenvalue weighted by molar-refractivity contribution is 0.674. The second-order valence-corrected chi connectivity index (χ2v) is 8.27. The molecule has 0 N–H and O–H groups in total. The largest absolute Gasteiger partial charge is 0.454 e. The fourth-order valence-electron chi connectivity index (χ4n) is 3.63. The summed E-state index contributed by atoms with van der Waals surface area (Å²) in [6.07, 6.45) is 1.94. The summed E-state index contributed by atoms with van der Waals surface area (Å²) in [7, 11) is 0. The van der Waals surface area contributed by atoms with Crippen molar-refractivity contribution in [2.45, 2.75) is 27.7 Å². The molecule has 0 aliphatic heterocycles. The standard InChI is InChI=1S/C23H19NOS/c1-12-10-20(24-11-13(12)2)19-7-5-6-17-18-9-8-16-14(3)15(4)26-23(16)22(18)25-21(17)19/h5-11H,1-4H3. The van der Waals surface area contributed by atoms with Crippen LogP contribution in [0, 0.1) is 27.7 Å². The van der Waals surface area contributed by atoms with Crippen molar-refractivity contribution in [3.8, 4) is 11.3 Å². The Balaban J connectivity index is 1.89. The van der Waals surface area contributed by atoms with Gasteiger partial charge in [0, 0.05) is 27.4 Å². The molecule has 26 heavy (non-hydrogen) atoms. The van der Waals surface area contributed by atoms with Crippen molar-refractivity contribution in [2.75, 3.05) is 0 Å². The molecular weight excluding hydrogens is 338 g/mol. The van der Waals surface area contributed by atoms with Gasteiger partial charge in [-0.3, -0.25) is 4.98 Å². The molecule has 5 rings (SSSR count). The van der Waals surface area contributed by atoms with E-state index in [2.05, 4.69) is 69.1 Å². The molecule has 0 atom stereocenters. The molecule has 0 fully saturated rings. The molecule has 0 amide bonds. The van der Waals surface area contributed by atoms with Gasteiger partial charge in [-0.25, -0.2) is 0 Å². The average Bonchev–Trinajstić information content (AvgIpc) is 3.15. The molecule has 5 aromatic rings. The predicted octanol–water partition coefficient (Wildman–Crippen LogP) is 7.10. The van der Waals surface area contributed by atoms with Gasteiger partial charge in [0.2, 0.25) is 0 Å². The van der Waals surface area contributed by atoms with Crippen LogP contribution in [0.5, 0.6) is 0 Å². The van der Waals surface area contributed by atoms with Crippen molar-refractivity contribution in [1.82, 2.24) is 4.98 Å². The summed E-state index contributed by atoms with van der Waals surface area (Å²) in [5.41, 5.74) is 7.74. The Morgan fingerprint density at radius 2 is 1.62 bits per heavy atom. The third-order valence-electron chi connectivity index (χ3n) is 5.46. The van der Waals surface area contributed by atoms with E-state index in [1.807, 2.05) is 17.5 Å². The third-order valence-corrected chi connectivity index (χ3v) is 6.68. The zero-order chi connectivity index (χ0) is 18.0. The molecule has 0 aliphatic carbocycles. The van der Waals surface area contributed by atoms with Gasteiger partial charge in [-0.15, -0.1) is 11.3 Å². The fraction of sp³-hybridized carbons (Fsp3) is 0.174. The van der Waals surface area contributed by atoms with Crippen LogP contribution in [0.25, 0.3) is 43.3 Å². The van der Waals surface area contributed by atoms with Crippen molar-refractivity contribution in [2.24, 2.45) is 0 Å². The topological polar surface area (TPSA) is 26.0 Å². The number of para-hydroxylation sites is 1. The van der Waals surface area contributed by atoms with E-state index >= 15 is 0 Å². The molecule has 128 valence electrons. The second kappa shape index (κ2) is 5.42. The lowest BCUT2D eigenvalue weighted by atomic mass is 10.0. The fourth-order valence-corrected chi connectivity index (χ4v) is 4.77. The highest BCUT2D eigenvalue weighted by Crippen LogP contribution is 2.42. The SMILES string of the molecule is Cc1cnc(-c2cccc3c2oc2c3ccc3c(C)c(C)sc32)cc1C. The first-order valence-corrected chi connectivity index (χ1v) is 9.64. The predicted molar refractivity (Wildman–Crippen MR) is 111 cm³/mol. The van der Waals surface area contributed by atoms with Gasteiger partial charge in [0.25, 0.3) is 0 Å². The normalized spacial score (nSPS) is 11.8. The smallest absolute Gasteiger partial charge is 0.153 e. The summed E-state index contributed by atoms with van der Waals surface area (Å²) < 4.78 is 7.70.